The summed E-state index contributed by atoms with van der Waals surface area (Å²) in [5, 5.41) is -0.0555. The van der Waals surface area contributed by atoms with E-state index in [1.807, 2.05) is 0 Å². The summed E-state index contributed by atoms with van der Waals surface area (Å²) in [5.74, 6) is 0.169. The number of fused-ring (bicyclic) bond motifs is 1. The Hall–Kier alpha value is -2.74. The van der Waals surface area contributed by atoms with E-state index in [9.17, 15) is 18.4 Å². The van der Waals surface area contributed by atoms with Crippen molar-refractivity contribution in [2.24, 2.45) is 0 Å². The Labute approximate surface area is 175 Å². The Bertz CT molecular complexity index is 1240. The third kappa shape index (κ3) is 3.19. The molecular weight excluding hydrogens is 414 g/mol. The van der Waals surface area contributed by atoms with E-state index in [2.05, 4.69) is 4.98 Å². The molecule has 0 bridgehead atoms. The third-order valence-corrected chi connectivity index (χ3v) is 5.92. The standard InChI is InChI=1S/C21H19ClF2N4O2/c1-21(24)10-27(11-21)16(29)9-26-6-7-28-18(20(26)30)17(25-19(28)12-2-3-12)13-4-5-15(23)14(22)8-13/h4-8,12H,2-3,9-11H2,1H3. The molecule has 156 valence electrons. The van der Waals surface area contributed by atoms with Gasteiger partial charge in [-0.05, 0) is 38.0 Å². The van der Waals surface area contributed by atoms with Crippen molar-refractivity contribution in [2.75, 3.05) is 13.1 Å². The second kappa shape index (κ2) is 6.63. The number of amides is 1. The lowest BCUT2D eigenvalue weighted by Gasteiger charge is -2.42. The lowest BCUT2D eigenvalue weighted by atomic mass is 9.99. The van der Waals surface area contributed by atoms with Crippen molar-refractivity contribution < 1.29 is 13.6 Å². The summed E-state index contributed by atoms with van der Waals surface area (Å²) in [5.41, 5.74) is -0.503. The highest BCUT2D eigenvalue weighted by atomic mass is 35.5. The van der Waals surface area contributed by atoms with Gasteiger partial charge in [-0.3, -0.25) is 14.0 Å². The molecular formula is C21H19ClF2N4O2. The van der Waals surface area contributed by atoms with Gasteiger partial charge in [-0.2, -0.15) is 0 Å². The van der Waals surface area contributed by atoms with E-state index in [0.29, 0.717) is 16.8 Å². The first-order valence-electron chi connectivity index (χ1n) is 9.77. The normalized spacial score (nSPS) is 17.9. The van der Waals surface area contributed by atoms with Gasteiger partial charge in [-0.15, -0.1) is 0 Å². The number of alkyl halides is 1. The van der Waals surface area contributed by atoms with Gasteiger partial charge >= 0.3 is 0 Å². The summed E-state index contributed by atoms with van der Waals surface area (Å²) in [4.78, 5) is 31.8. The largest absolute Gasteiger partial charge is 0.335 e. The van der Waals surface area contributed by atoms with Gasteiger partial charge in [0.2, 0.25) is 5.91 Å². The minimum atomic E-state index is -1.37. The number of benzene rings is 1. The van der Waals surface area contributed by atoms with Gasteiger partial charge in [0.1, 0.15) is 35.1 Å². The van der Waals surface area contributed by atoms with E-state index >= 15 is 0 Å². The van der Waals surface area contributed by atoms with Crippen molar-refractivity contribution in [2.45, 2.75) is 37.9 Å². The molecule has 1 aromatic carbocycles. The van der Waals surface area contributed by atoms with Crippen molar-refractivity contribution >= 4 is 23.0 Å². The smallest absolute Gasteiger partial charge is 0.277 e. The van der Waals surface area contributed by atoms with Crippen LogP contribution in [0.25, 0.3) is 16.8 Å². The number of imidazole rings is 1. The highest BCUT2D eigenvalue weighted by molar-refractivity contribution is 6.31. The van der Waals surface area contributed by atoms with Gasteiger partial charge in [-0.25, -0.2) is 13.8 Å². The van der Waals surface area contributed by atoms with Gasteiger partial charge < -0.3 is 9.47 Å². The van der Waals surface area contributed by atoms with E-state index < -0.39 is 11.5 Å². The van der Waals surface area contributed by atoms with Crippen molar-refractivity contribution in [3.05, 3.63) is 57.6 Å². The summed E-state index contributed by atoms with van der Waals surface area (Å²) in [6.45, 7) is 1.32. The molecule has 6 nitrogen and oxygen atoms in total. The summed E-state index contributed by atoms with van der Waals surface area (Å²) >= 11 is 5.94. The second-order valence-corrected chi connectivity index (χ2v) is 8.74. The molecule has 1 aliphatic heterocycles. The number of aromatic nitrogens is 3. The van der Waals surface area contributed by atoms with Crippen molar-refractivity contribution in [1.29, 1.82) is 0 Å². The highest BCUT2D eigenvalue weighted by Gasteiger charge is 2.41. The average molecular weight is 433 g/mol. The maximum atomic E-state index is 13.7. The SMILES string of the molecule is CC1(F)CN(C(=O)Cn2ccn3c(C4CC4)nc(-c4ccc(F)c(Cl)c4)c3c2=O)C1. The van der Waals surface area contributed by atoms with Gasteiger partial charge in [0.05, 0.1) is 18.1 Å². The van der Waals surface area contributed by atoms with E-state index in [1.165, 1.54) is 34.6 Å². The molecule has 0 atom stereocenters. The Kier molecular flexibility index (Phi) is 4.25. The third-order valence-electron chi connectivity index (χ3n) is 5.63. The van der Waals surface area contributed by atoms with Crippen LogP contribution in [0.2, 0.25) is 5.02 Å². The Balaban J connectivity index is 1.58. The Morgan fingerprint density at radius 2 is 2.03 bits per heavy atom. The molecule has 3 heterocycles. The van der Waals surface area contributed by atoms with E-state index in [0.717, 1.165) is 18.7 Å². The average Bonchev–Trinajstić information content (AvgIpc) is 3.44. The molecule has 30 heavy (non-hydrogen) atoms. The molecule has 0 radical (unpaired) electrons. The van der Waals surface area contributed by atoms with Gasteiger partial charge in [0, 0.05) is 23.9 Å². The minimum Gasteiger partial charge on any atom is -0.335 e. The maximum Gasteiger partial charge on any atom is 0.277 e. The predicted molar refractivity (Wildman–Crippen MR) is 108 cm³/mol. The number of nitrogens with zero attached hydrogens (tertiary/aromatic N) is 4. The fourth-order valence-corrected chi connectivity index (χ4v) is 4.11. The van der Waals surface area contributed by atoms with Crippen LogP contribution in [-0.2, 0) is 11.3 Å². The molecule has 1 saturated carbocycles. The molecule has 1 aliphatic carbocycles. The first kappa shape index (κ1) is 19.2. The molecule has 5 rings (SSSR count). The minimum absolute atomic E-state index is 0.0284. The van der Waals surface area contributed by atoms with Crippen LogP contribution in [0.3, 0.4) is 0 Å². The van der Waals surface area contributed by atoms with Crippen LogP contribution in [0.15, 0.2) is 35.4 Å². The number of carbonyl (C=O) groups excluding carboxylic acids is 1. The fraction of sp³-hybridized carbons (Fsp3) is 0.381. The number of rotatable bonds is 4. The molecule has 1 saturated heterocycles. The zero-order valence-corrected chi connectivity index (χ0v) is 17.0. The number of carbonyl (C=O) groups is 1. The molecule has 2 aromatic heterocycles. The molecule has 9 heteroatoms. The molecule has 0 N–H and O–H groups in total. The molecule has 0 spiro atoms. The van der Waals surface area contributed by atoms with Crippen LogP contribution in [0.4, 0.5) is 8.78 Å². The second-order valence-electron chi connectivity index (χ2n) is 8.33. The molecule has 3 aromatic rings. The van der Waals surface area contributed by atoms with Crippen LogP contribution in [0, 0.1) is 5.82 Å². The Morgan fingerprint density at radius 3 is 2.67 bits per heavy atom. The quantitative estimate of drug-likeness (QED) is 0.635. The maximum absolute atomic E-state index is 13.7. The van der Waals surface area contributed by atoms with Crippen molar-refractivity contribution in [3.8, 4) is 11.3 Å². The monoisotopic (exact) mass is 432 g/mol. The molecule has 2 aliphatic rings. The zero-order chi connectivity index (χ0) is 21.2. The van der Waals surface area contributed by atoms with Crippen LogP contribution < -0.4 is 5.56 Å². The predicted octanol–water partition coefficient (Wildman–Crippen LogP) is 3.40. The first-order valence-corrected chi connectivity index (χ1v) is 10.1. The van der Waals surface area contributed by atoms with E-state index in [1.54, 1.807) is 16.8 Å². The van der Waals surface area contributed by atoms with Gasteiger partial charge in [0.15, 0.2) is 0 Å². The topological polar surface area (TPSA) is 59.6 Å². The van der Waals surface area contributed by atoms with Gasteiger partial charge in [-0.1, -0.05) is 11.6 Å². The first-order chi connectivity index (χ1) is 14.2. The summed E-state index contributed by atoms with van der Waals surface area (Å²) in [6.07, 6.45) is 5.24. The summed E-state index contributed by atoms with van der Waals surface area (Å²) in [7, 11) is 0. The summed E-state index contributed by atoms with van der Waals surface area (Å²) < 4.78 is 30.4. The fourth-order valence-electron chi connectivity index (χ4n) is 3.93. The lowest BCUT2D eigenvalue weighted by Crippen LogP contribution is -2.60. The summed E-state index contributed by atoms with van der Waals surface area (Å²) in [6, 6.07) is 4.22. The highest BCUT2D eigenvalue weighted by Crippen LogP contribution is 2.41. The van der Waals surface area contributed by atoms with Crippen LogP contribution in [-0.4, -0.2) is 43.5 Å². The van der Waals surface area contributed by atoms with Crippen LogP contribution in [0.1, 0.15) is 31.5 Å². The van der Waals surface area contributed by atoms with E-state index in [-0.39, 0.29) is 42.0 Å². The van der Waals surface area contributed by atoms with Crippen molar-refractivity contribution in [1.82, 2.24) is 18.9 Å². The number of hydrogen-bond donors (Lipinski definition) is 0. The van der Waals surface area contributed by atoms with Crippen LogP contribution >= 0.6 is 11.6 Å². The molecule has 1 amide bonds. The van der Waals surface area contributed by atoms with Crippen molar-refractivity contribution in [3.63, 3.8) is 0 Å². The number of hydrogen-bond acceptors (Lipinski definition) is 3. The van der Waals surface area contributed by atoms with Crippen LogP contribution in [0.5, 0.6) is 0 Å². The number of halogens is 3. The zero-order valence-electron chi connectivity index (χ0n) is 16.2. The van der Waals surface area contributed by atoms with E-state index in [4.69, 9.17) is 11.6 Å². The molecule has 2 fully saturated rings. The Morgan fingerprint density at radius 1 is 1.30 bits per heavy atom. The lowest BCUT2D eigenvalue weighted by molar-refractivity contribution is -0.144. The van der Waals surface area contributed by atoms with Gasteiger partial charge in [0.25, 0.3) is 5.56 Å². The number of likely N-dealkylation sites (tertiary alicyclic amines) is 1. The molecule has 0 unspecified atom stereocenters.